The van der Waals surface area contributed by atoms with Crippen LogP contribution in [0, 0.1) is 5.82 Å². The average Bonchev–Trinajstić information content (AvgIpc) is 2.70. The number of nitrogens with zero attached hydrogens (tertiary/aromatic N) is 2. The molecule has 9 heteroatoms. The summed E-state index contributed by atoms with van der Waals surface area (Å²) in [6.45, 7) is 1.93. The lowest BCUT2D eigenvalue weighted by Gasteiger charge is -2.29. The Kier molecular flexibility index (Phi) is 6.46. The predicted octanol–water partition coefficient (Wildman–Crippen LogP) is 3.69. The lowest BCUT2D eigenvalue weighted by atomic mass is 10.1. The summed E-state index contributed by atoms with van der Waals surface area (Å²) in [7, 11) is 0. The maximum Gasteiger partial charge on any atom is 0.322 e. The van der Waals surface area contributed by atoms with Gasteiger partial charge in [-0.1, -0.05) is 17.7 Å². The minimum absolute atomic E-state index is 0.0948. The standard InChI is InChI=1S/C20H20ClFN4O3/c1-12(18-16-8-3-13(21)11-17(16)19(28)25-24-18)26(9-2-10-27)20(29)23-15-6-4-14(22)5-7-15/h3-8,11-12,27H,2,9-10H2,1H3,(H,23,29)(H,25,28). The Balaban J connectivity index is 1.95. The molecule has 3 rings (SSSR count). The first-order valence-electron chi connectivity index (χ1n) is 9.02. The minimum Gasteiger partial charge on any atom is -0.396 e. The number of hydrogen-bond donors (Lipinski definition) is 3. The van der Waals surface area contributed by atoms with Gasteiger partial charge < -0.3 is 15.3 Å². The van der Waals surface area contributed by atoms with E-state index >= 15 is 0 Å². The second-order valence-corrected chi connectivity index (χ2v) is 6.95. The quantitative estimate of drug-likeness (QED) is 0.568. The highest BCUT2D eigenvalue weighted by Crippen LogP contribution is 2.27. The van der Waals surface area contributed by atoms with Crippen LogP contribution in [-0.4, -0.2) is 39.4 Å². The molecule has 29 heavy (non-hydrogen) atoms. The van der Waals surface area contributed by atoms with Crippen LogP contribution in [0.3, 0.4) is 0 Å². The van der Waals surface area contributed by atoms with Crippen LogP contribution in [-0.2, 0) is 0 Å². The molecule has 0 fully saturated rings. The van der Waals surface area contributed by atoms with Crippen LogP contribution >= 0.6 is 11.6 Å². The molecule has 0 bridgehead atoms. The van der Waals surface area contributed by atoms with Gasteiger partial charge in [-0.15, -0.1) is 0 Å². The van der Waals surface area contributed by atoms with E-state index in [1.807, 2.05) is 0 Å². The average molecular weight is 419 g/mol. The number of anilines is 1. The van der Waals surface area contributed by atoms with Crippen molar-refractivity contribution < 1.29 is 14.3 Å². The van der Waals surface area contributed by atoms with Gasteiger partial charge >= 0.3 is 6.03 Å². The number of halogens is 2. The summed E-state index contributed by atoms with van der Waals surface area (Å²) in [4.78, 5) is 26.5. The van der Waals surface area contributed by atoms with Crippen LogP contribution in [0.5, 0.6) is 0 Å². The zero-order chi connectivity index (χ0) is 21.0. The first-order valence-corrected chi connectivity index (χ1v) is 9.40. The molecule has 0 saturated carbocycles. The SMILES string of the molecule is CC(c1n[nH]c(=O)c2cc(Cl)ccc12)N(CCCO)C(=O)Nc1ccc(F)cc1. The zero-order valence-electron chi connectivity index (χ0n) is 15.7. The van der Waals surface area contributed by atoms with Gasteiger partial charge in [0.25, 0.3) is 5.56 Å². The van der Waals surface area contributed by atoms with Gasteiger partial charge in [0, 0.05) is 29.2 Å². The van der Waals surface area contributed by atoms with E-state index in [0.717, 1.165) is 0 Å². The van der Waals surface area contributed by atoms with Crippen molar-refractivity contribution in [1.29, 1.82) is 0 Å². The Labute approximate surface area is 171 Å². The topological polar surface area (TPSA) is 98.3 Å². The molecule has 0 aliphatic rings. The van der Waals surface area contributed by atoms with E-state index in [0.29, 0.717) is 33.6 Å². The van der Waals surface area contributed by atoms with E-state index in [4.69, 9.17) is 11.6 Å². The normalized spacial score (nSPS) is 12.0. The second-order valence-electron chi connectivity index (χ2n) is 6.51. The number of aliphatic hydroxyl groups is 1. The Hall–Kier alpha value is -2.97. The number of aromatic amines is 1. The summed E-state index contributed by atoms with van der Waals surface area (Å²) in [6, 6.07) is 9.33. The molecular formula is C20H20ClFN4O3. The van der Waals surface area contributed by atoms with Gasteiger partial charge in [0.1, 0.15) is 5.82 Å². The van der Waals surface area contributed by atoms with E-state index in [1.165, 1.54) is 29.2 Å². The molecule has 1 aromatic heterocycles. The third-order valence-corrected chi connectivity index (χ3v) is 4.79. The molecule has 0 radical (unpaired) electrons. The molecule has 2 aromatic carbocycles. The summed E-state index contributed by atoms with van der Waals surface area (Å²) in [5.74, 6) is -0.406. The first kappa shape index (κ1) is 20.8. The maximum atomic E-state index is 13.1. The Morgan fingerprint density at radius 1 is 1.28 bits per heavy atom. The largest absolute Gasteiger partial charge is 0.396 e. The van der Waals surface area contributed by atoms with Gasteiger partial charge in [-0.25, -0.2) is 14.3 Å². The number of rotatable bonds is 6. The van der Waals surface area contributed by atoms with Crippen LogP contribution in [0.15, 0.2) is 47.3 Å². The van der Waals surface area contributed by atoms with E-state index in [-0.39, 0.29) is 18.7 Å². The van der Waals surface area contributed by atoms with Crippen molar-refractivity contribution in [3.05, 3.63) is 69.4 Å². The smallest absolute Gasteiger partial charge is 0.322 e. The summed E-state index contributed by atoms with van der Waals surface area (Å²) in [5.41, 5.74) is 0.545. The molecule has 1 heterocycles. The third-order valence-electron chi connectivity index (χ3n) is 4.56. The van der Waals surface area contributed by atoms with Crippen molar-refractivity contribution in [2.24, 2.45) is 0 Å². The van der Waals surface area contributed by atoms with Crippen molar-refractivity contribution in [3.63, 3.8) is 0 Å². The van der Waals surface area contributed by atoms with Crippen molar-refractivity contribution in [2.45, 2.75) is 19.4 Å². The second kappa shape index (κ2) is 9.02. The Morgan fingerprint density at radius 2 is 2.00 bits per heavy atom. The highest BCUT2D eigenvalue weighted by molar-refractivity contribution is 6.31. The number of urea groups is 1. The molecule has 0 saturated heterocycles. The van der Waals surface area contributed by atoms with E-state index in [9.17, 15) is 19.1 Å². The van der Waals surface area contributed by atoms with Gasteiger partial charge in [-0.2, -0.15) is 5.10 Å². The summed E-state index contributed by atoms with van der Waals surface area (Å²) in [6.07, 6.45) is 0.355. The first-order chi connectivity index (χ1) is 13.9. The molecular weight excluding hydrogens is 399 g/mol. The lowest BCUT2D eigenvalue weighted by Crippen LogP contribution is -2.38. The molecule has 0 spiro atoms. The zero-order valence-corrected chi connectivity index (χ0v) is 16.4. The molecule has 1 atom stereocenters. The number of hydrogen-bond acceptors (Lipinski definition) is 4. The molecule has 0 aliphatic carbocycles. The monoisotopic (exact) mass is 418 g/mol. The van der Waals surface area contributed by atoms with E-state index in [1.54, 1.807) is 25.1 Å². The van der Waals surface area contributed by atoms with E-state index in [2.05, 4.69) is 15.5 Å². The Morgan fingerprint density at radius 3 is 2.69 bits per heavy atom. The number of amides is 2. The number of fused-ring (bicyclic) bond motifs is 1. The molecule has 2 amide bonds. The van der Waals surface area contributed by atoms with Crippen LogP contribution in [0.1, 0.15) is 25.1 Å². The fourth-order valence-electron chi connectivity index (χ4n) is 3.07. The van der Waals surface area contributed by atoms with Crippen molar-refractivity contribution in [2.75, 3.05) is 18.5 Å². The van der Waals surface area contributed by atoms with E-state index < -0.39 is 17.9 Å². The number of aromatic nitrogens is 2. The minimum atomic E-state index is -0.525. The van der Waals surface area contributed by atoms with Crippen LogP contribution < -0.4 is 10.9 Å². The Bertz CT molecular complexity index is 1070. The van der Waals surface area contributed by atoms with Gasteiger partial charge in [0.2, 0.25) is 0 Å². The molecule has 1 unspecified atom stereocenters. The highest BCUT2D eigenvalue weighted by Gasteiger charge is 2.25. The number of H-pyrrole nitrogens is 1. The van der Waals surface area contributed by atoms with Crippen LogP contribution in [0.2, 0.25) is 5.02 Å². The summed E-state index contributed by atoms with van der Waals surface area (Å²) < 4.78 is 13.1. The molecule has 7 nitrogen and oxygen atoms in total. The van der Waals surface area contributed by atoms with Crippen molar-refractivity contribution >= 4 is 34.1 Å². The fraction of sp³-hybridized carbons (Fsp3) is 0.250. The number of carbonyl (C=O) groups is 1. The van der Waals surface area contributed by atoms with Gasteiger partial charge in [-0.3, -0.25) is 4.79 Å². The van der Waals surface area contributed by atoms with Gasteiger partial charge in [-0.05, 0) is 49.7 Å². The number of nitrogens with one attached hydrogen (secondary N) is 2. The molecule has 3 aromatic rings. The van der Waals surface area contributed by atoms with Crippen molar-refractivity contribution in [1.82, 2.24) is 15.1 Å². The number of benzene rings is 2. The van der Waals surface area contributed by atoms with Gasteiger partial charge in [0.05, 0.1) is 17.1 Å². The van der Waals surface area contributed by atoms with Crippen molar-refractivity contribution in [3.8, 4) is 0 Å². The molecule has 152 valence electrons. The molecule has 3 N–H and O–H groups in total. The maximum absolute atomic E-state index is 13.1. The highest BCUT2D eigenvalue weighted by atomic mass is 35.5. The summed E-state index contributed by atoms with van der Waals surface area (Å²) in [5, 5.41) is 19.9. The number of aliphatic hydroxyl groups excluding tert-OH is 1. The molecule has 0 aliphatic heterocycles. The predicted molar refractivity (Wildman–Crippen MR) is 110 cm³/mol. The number of carbonyl (C=O) groups excluding carboxylic acids is 1. The van der Waals surface area contributed by atoms with Crippen LogP contribution in [0.4, 0.5) is 14.9 Å². The lowest BCUT2D eigenvalue weighted by molar-refractivity contribution is 0.181. The van der Waals surface area contributed by atoms with Crippen LogP contribution in [0.25, 0.3) is 10.8 Å². The van der Waals surface area contributed by atoms with Gasteiger partial charge in [0.15, 0.2) is 0 Å². The fourth-order valence-corrected chi connectivity index (χ4v) is 3.24. The summed E-state index contributed by atoms with van der Waals surface area (Å²) >= 11 is 6.00. The third kappa shape index (κ3) is 4.72.